The Labute approximate surface area is 288 Å². The van der Waals surface area contributed by atoms with Gasteiger partial charge in [0.25, 0.3) is 5.56 Å². The molecule has 2 rings (SSSR count). The summed E-state index contributed by atoms with van der Waals surface area (Å²) in [6.45, 7) is 2.97. The molecule has 1 fully saturated rings. The second-order valence-corrected chi connectivity index (χ2v) is 13.9. The van der Waals surface area contributed by atoms with Gasteiger partial charge in [0.05, 0.1) is 12.8 Å². The largest absolute Gasteiger partial charge is 0.387 e. The van der Waals surface area contributed by atoms with E-state index in [1.165, 1.54) is 7.11 Å². The number of aromatic nitrogens is 2. The van der Waals surface area contributed by atoms with Crippen LogP contribution in [0.5, 0.6) is 0 Å². The van der Waals surface area contributed by atoms with E-state index in [0.717, 1.165) is 62.3 Å². The second kappa shape index (κ2) is 23.1. The van der Waals surface area contributed by atoms with Crippen molar-refractivity contribution in [2.24, 2.45) is 0 Å². The summed E-state index contributed by atoms with van der Waals surface area (Å²) in [7, 11) is -2.45. The van der Waals surface area contributed by atoms with Crippen LogP contribution in [-0.4, -0.2) is 64.9 Å². The molecular weight excluding hydrogens is 652 g/mol. The summed E-state index contributed by atoms with van der Waals surface area (Å²) in [4.78, 5) is 37.7. The minimum atomic E-state index is -3.66. The van der Waals surface area contributed by atoms with Crippen LogP contribution < -0.4 is 16.6 Å². The summed E-state index contributed by atoms with van der Waals surface area (Å²) < 4.78 is 45.3. The fourth-order valence-electron chi connectivity index (χ4n) is 4.80. The van der Waals surface area contributed by atoms with Crippen LogP contribution in [0.3, 0.4) is 0 Å². The first kappa shape index (κ1) is 41.8. The van der Waals surface area contributed by atoms with Crippen molar-refractivity contribution in [2.75, 3.05) is 26.4 Å². The zero-order valence-corrected chi connectivity index (χ0v) is 29.8. The van der Waals surface area contributed by atoms with Crippen molar-refractivity contribution in [1.29, 1.82) is 0 Å². The van der Waals surface area contributed by atoms with Gasteiger partial charge in [-0.2, -0.15) is 0 Å². The Morgan fingerprint density at radius 2 is 1.57 bits per heavy atom. The maximum absolute atomic E-state index is 15.4. The third-order valence-corrected chi connectivity index (χ3v) is 9.56. The predicted molar refractivity (Wildman–Crippen MR) is 191 cm³/mol. The molecule has 1 aromatic heterocycles. The monoisotopic (exact) mass is 705 g/mol. The van der Waals surface area contributed by atoms with Crippen molar-refractivity contribution in [1.82, 2.24) is 14.9 Å². The highest BCUT2D eigenvalue weighted by atomic mass is 31.2. The lowest BCUT2D eigenvalue weighted by molar-refractivity contribution is -0.121. The van der Waals surface area contributed by atoms with Gasteiger partial charge in [-0.15, -0.1) is 0 Å². The van der Waals surface area contributed by atoms with Gasteiger partial charge in [0, 0.05) is 32.3 Å². The summed E-state index contributed by atoms with van der Waals surface area (Å²) in [5.74, 6) is -0.138. The number of aromatic amines is 1. The van der Waals surface area contributed by atoms with E-state index in [1.807, 2.05) is 17.1 Å². The van der Waals surface area contributed by atoms with E-state index in [0.29, 0.717) is 19.3 Å². The van der Waals surface area contributed by atoms with E-state index < -0.39 is 49.6 Å². The third kappa shape index (κ3) is 15.8. The number of alkyl halides is 1. The Bertz CT molecular complexity index is 1480. The molecule has 5 atom stereocenters. The fourth-order valence-corrected chi connectivity index (χ4v) is 6.14. The molecule has 1 amide bonds. The highest BCUT2D eigenvalue weighted by Gasteiger charge is 2.55. The first-order chi connectivity index (χ1) is 23.5. The van der Waals surface area contributed by atoms with E-state index in [4.69, 9.17) is 13.8 Å². The normalized spacial score (nSPS) is 22.9. The van der Waals surface area contributed by atoms with E-state index >= 15 is 4.39 Å². The van der Waals surface area contributed by atoms with Gasteiger partial charge >= 0.3 is 13.3 Å². The smallest absolute Gasteiger partial charge is 0.330 e. The van der Waals surface area contributed by atoms with Gasteiger partial charge in [0.2, 0.25) is 5.91 Å². The van der Waals surface area contributed by atoms with Gasteiger partial charge in [-0.3, -0.25) is 23.7 Å². The number of aliphatic hydroxyl groups excluding tert-OH is 1. The molecule has 13 heteroatoms. The number of aliphatic hydroxyl groups is 1. The number of halogens is 1. The number of amides is 1. The van der Waals surface area contributed by atoms with Crippen molar-refractivity contribution < 1.29 is 32.6 Å². The predicted octanol–water partition coefficient (Wildman–Crippen LogP) is 6.36. The van der Waals surface area contributed by atoms with E-state index in [1.54, 1.807) is 0 Å². The topological polar surface area (TPSA) is 149 Å². The van der Waals surface area contributed by atoms with Crippen LogP contribution in [-0.2, 0) is 23.1 Å². The molecule has 1 unspecified atom stereocenters. The molecule has 272 valence electrons. The maximum Gasteiger partial charge on any atom is 0.330 e. The minimum absolute atomic E-state index is 0.0323. The van der Waals surface area contributed by atoms with Crippen LogP contribution in [0.15, 0.2) is 94.8 Å². The lowest BCUT2D eigenvalue weighted by Gasteiger charge is -2.24. The van der Waals surface area contributed by atoms with Gasteiger partial charge < -0.3 is 24.2 Å². The first-order valence-corrected chi connectivity index (χ1v) is 18.6. The molecule has 11 nitrogen and oxygen atoms in total. The number of hydrogen-bond donors (Lipinski definition) is 3. The summed E-state index contributed by atoms with van der Waals surface area (Å²) in [5.41, 5.74) is -3.98. The number of carbonyl (C=O) groups is 1. The number of H-pyrrole nitrogens is 1. The van der Waals surface area contributed by atoms with Gasteiger partial charge in [-0.05, 0) is 58.3 Å². The van der Waals surface area contributed by atoms with Gasteiger partial charge in [-0.1, -0.05) is 79.8 Å². The highest BCUT2D eigenvalue weighted by molar-refractivity contribution is 7.53. The Kier molecular flexibility index (Phi) is 19.7. The summed E-state index contributed by atoms with van der Waals surface area (Å²) in [5, 5.41) is 13.3. The van der Waals surface area contributed by atoms with Gasteiger partial charge in [0.1, 0.15) is 12.2 Å². The standard InChI is InChI=1S/C36H53FN3O8P/c1-4-5-6-7-8-9-10-11-12-13-14-15-16-17-18-19-20-21-22-24-31(41)38-26-23-28-49(45,46-3)47-29-30-33(43)36(2,37)34(48-30)40-27-25-32(42)39-35(40)44/h5-6,8-9,11-12,14-15,17-18,20-21,25,27,30,33-34,43H,4,7,10,13,16,19,22-24,26,28-29H2,1-3H3,(H,38,41)(H,39,42,44)/b6-5-,9-8-,12-11-,15-14-,18-17-,21-20-/t30-,33-,34-,36-,49?/m1/s1. The average molecular weight is 706 g/mol. The molecule has 0 aliphatic carbocycles. The number of allylic oxidation sites excluding steroid dienone is 12. The Hall–Kier alpha value is -3.41. The molecule has 1 aromatic rings. The maximum atomic E-state index is 15.4. The quantitative estimate of drug-likeness (QED) is 0.0677. The van der Waals surface area contributed by atoms with Crippen LogP contribution >= 0.6 is 7.60 Å². The Morgan fingerprint density at radius 3 is 2.10 bits per heavy atom. The van der Waals surface area contributed by atoms with Crippen LogP contribution in [0.4, 0.5) is 4.39 Å². The molecular formula is C36H53FN3O8P. The van der Waals surface area contributed by atoms with Gasteiger partial charge in [0.15, 0.2) is 11.9 Å². The SMILES string of the molecule is CC/C=C\C/C=C\C/C=C\C/C=C\C/C=C\C/C=C\CCC(=O)NCCCP(=O)(OC)OC[C@H]1O[C@@H](n2ccc(=O)[nH]c2=O)[C@](C)(F)[C@@H]1O. The van der Waals surface area contributed by atoms with E-state index in [-0.39, 0.29) is 18.6 Å². The first-order valence-electron chi connectivity index (χ1n) is 16.8. The van der Waals surface area contributed by atoms with Crippen molar-refractivity contribution in [3.63, 3.8) is 0 Å². The molecule has 2 heterocycles. The number of rotatable bonds is 23. The average Bonchev–Trinajstić information content (AvgIpc) is 3.30. The molecule has 49 heavy (non-hydrogen) atoms. The molecule has 0 spiro atoms. The number of hydrogen-bond acceptors (Lipinski definition) is 8. The lowest BCUT2D eigenvalue weighted by Crippen LogP contribution is -2.43. The van der Waals surface area contributed by atoms with Crippen molar-refractivity contribution in [3.05, 3.63) is 106 Å². The summed E-state index contributed by atoms with van der Waals surface area (Å²) in [6.07, 6.45) is 28.9. The number of carbonyl (C=O) groups excluding carboxylic acids is 1. The number of ether oxygens (including phenoxy) is 1. The molecule has 0 bridgehead atoms. The summed E-state index contributed by atoms with van der Waals surface area (Å²) >= 11 is 0. The third-order valence-electron chi connectivity index (χ3n) is 7.60. The van der Waals surface area contributed by atoms with Crippen molar-refractivity contribution in [2.45, 2.75) is 95.7 Å². The minimum Gasteiger partial charge on any atom is -0.387 e. The fraction of sp³-hybridized carbons (Fsp3) is 0.528. The molecule has 3 N–H and O–H groups in total. The Balaban J connectivity index is 1.58. The van der Waals surface area contributed by atoms with Crippen LogP contribution in [0, 0.1) is 0 Å². The van der Waals surface area contributed by atoms with E-state index in [2.05, 4.69) is 73.0 Å². The van der Waals surface area contributed by atoms with Crippen molar-refractivity contribution in [3.8, 4) is 0 Å². The molecule has 0 saturated carbocycles. The molecule has 0 radical (unpaired) electrons. The molecule has 1 aliphatic rings. The van der Waals surface area contributed by atoms with Crippen LogP contribution in [0.25, 0.3) is 0 Å². The van der Waals surface area contributed by atoms with Gasteiger partial charge in [-0.25, -0.2) is 9.18 Å². The van der Waals surface area contributed by atoms with E-state index in [9.17, 15) is 24.1 Å². The second-order valence-electron chi connectivity index (χ2n) is 11.6. The highest BCUT2D eigenvalue weighted by Crippen LogP contribution is 2.49. The zero-order chi connectivity index (χ0) is 36.0. The van der Waals surface area contributed by atoms with Crippen LogP contribution in [0.1, 0.15) is 77.9 Å². The Morgan fingerprint density at radius 1 is 1.02 bits per heavy atom. The molecule has 1 aliphatic heterocycles. The number of nitrogens with one attached hydrogen (secondary N) is 2. The zero-order valence-electron chi connectivity index (χ0n) is 28.9. The van der Waals surface area contributed by atoms with Crippen LogP contribution in [0.2, 0.25) is 0 Å². The lowest BCUT2D eigenvalue weighted by atomic mass is 9.98. The number of nitrogens with zero attached hydrogens (tertiary/aromatic N) is 1. The molecule has 0 aromatic carbocycles. The van der Waals surface area contributed by atoms with Crippen molar-refractivity contribution >= 4 is 13.5 Å². The molecule has 1 saturated heterocycles. The summed E-state index contributed by atoms with van der Waals surface area (Å²) in [6, 6.07) is 1.03.